The molecule has 1 heterocycles. The minimum Gasteiger partial charge on any atom is -0.383 e. The molecule has 1 N–H and O–H groups in total. The molecule has 1 unspecified atom stereocenters. The smallest absolute Gasteiger partial charge is 0.0587 e. The molecule has 3 heteroatoms. The van der Waals surface area contributed by atoms with Gasteiger partial charge >= 0.3 is 0 Å². The number of hydrogen-bond acceptors (Lipinski definition) is 3. The number of likely N-dealkylation sites (tertiary alicyclic amines) is 1. The van der Waals surface area contributed by atoms with E-state index in [0.29, 0.717) is 11.5 Å². The number of methoxy groups -OCH3 is 1. The van der Waals surface area contributed by atoms with Crippen LogP contribution in [0.1, 0.15) is 27.2 Å². The van der Waals surface area contributed by atoms with E-state index in [1.165, 1.54) is 19.5 Å². The van der Waals surface area contributed by atoms with E-state index in [1.807, 2.05) is 0 Å². The molecule has 0 aromatic carbocycles. The highest BCUT2D eigenvalue weighted by molar-refractivity contribution is 4.85. The maximum Gasteiger partial charge on any atom is 0.0587 e. The number of nitrogens with zero attached hydrogens (tertiary/aromatic N) is 1. The van der Waals surface area contributed by atoms with Crippen molar-refractivity contribution in [3.8, 4) is 0 Å². The third-order valence-corrected chi connectivity index (χ3v) is 3.25. The Hall–Kier alpha value is -0.120. The summed E-state index contributed by atoms with van der Waals surface area (Å²) in [5.41, 5.74) is 0.515. The van der Waals surface area contributed by atoms with Crippen LogP contribution in [0.4, 0.5) is 0 Å². The van der Waals surface area contributed by atoms with E-state index in [4.69, 9.17) is 4.74 Å². The Labute approximate surface area is 94.2 Å². The number of nitrogens with one attached hydrogen (secondary N) is 1. The van der Waals surface area contributed by atoms with Crippen molar-refractivity contribution in [3.63, 3.8) is 0 Å². The third kappa shape index (κ3) is 4.49. The first-order valence-corrected chi connectivity index (χ1v) is 5.99. The number of rotatable bonds is 6. The second-order valence-corrected chi connectivity index (χ2v) is 5.43. The maximum absolute atomic E-state index is 5.01. The quantitative estimate of drug-likeness (QED) is 0.675. The van der Waals surface area contributed by atoms with Crippen LogP contribution in [0.25, 0.3) is 0 Å². The van der Waals surface area contributed by atoms with Gasteiger partial charge in [0.05, 0.1) is 6.61 Å². The third-order valence-electron chi connectivity index (χ3n) is 3.25. The molecule has 1 atom stereocenters. The van der Waals surface area contributed by atoms with Gasteiger partial charge in [0.25, 0.3) is 0 Å². The molecule has 15 heavy (non-hydrogen) atoms. The number of hydrogen-bond donors (Lipinski definition) is 1. The molecule has 1 saturated heterocycles. The van der Waals surface area contributed by atoms with Crippen molar-refractivity contribution in [1.82, 2.24) is 10.2 Å². The van der Waals surface area contributed by atoms with Crippen molar-refractivity contribution < 1.29 is 4.74 Å². The van der Waals surface area contributed by atoms with Crippen molar-refractivity contribution in [2.75, 3.05) is 39.9 Å². The Morgan fingerprint density at radius 1 is 1.47 bits per heavy atom. The highest BCUT2D eigenvalue weighted by Gasteiger charge is 2.31. The zero-order valence-electron chi connectivity index (χ0n) is 10.7. The standard InChI is InChI=1S/C12H26N2O/c1-11(9-13-6-8-15-4)14-7-5-12(2,3)10-14/h11,13H,5-10H2,1-4H3. The van der Waals surface area contributed by atoms with Crippen LogP contribution in [0.5, 0.6) is 0 Å². The molecule has 0 bridgehead atoms. The summed E-state index contributed by atoms with van der Waals surface area (Å²) in [5, 5.41) is 3.42. The van der Waals surface area contributed by atoms with E-state index in [-0.39, 0.29) is 0 Å². The van der Waals surface area contributed by atoms with Crippen LogP contribution < -0.4 is 5.32 Å². The van der Waals surface area contributed by atoms with Crippen LogP contribution in [0.2, 0.25) is 0 Å². The van der Waals surface area contributed by atoms with Crippen LogP contribution in [-0.4, -0.2) is 50.8 Å². The molecule has 0 radical (unpaired) electrons. The first kappa shape index (κ1) is 12.9. The van der Waals surface area contributed by atoms with Crippen molar-refractivity contribution in [2.45, 2.75) is 33.2 Å². The van der Waals surface area contributed by atoms with Crippen LogP contribution in [0, 0.1) is 5.41 Å². The van der Waals surface area contributed by atoms with Gasteiger partial charge in [-0.2, -0.15) is 0 Å². The van der Waals surface area contributed by atoms with Gasteiger partial charge < -0.3 is 10.1 Å². The van der Waals surface area contributed by atoms with E-state index >= 15 is 0 Å². The van der Waals surface area contributed by atoms with E-state index in [1.54, 1.807) is 7.11 Å². The summed E-state index contributed by atoms with van der Waals surface area (Å²) in [5.74, 6) is 0. The topological polar surface area (TPSA) is 24.5 Å². The van der Waals surface area contributed by atoms with Gasteiger partial charge in [-0.05, 0) is 25.3 Å². The van der Waals surface area contributed by atoms with E-state index in [0.717, 1.165) is 19.7 Å². The lowest BCUT2D eigenvalue weighted by molar-refractivity contribution is 0.188. The second-order valence-electron chi connectivity index (χ2n) is 5.43. The molecule has 3 nitrogen and oxygen atoms in total. The van der Waals surface area contributed by atoms with E-state index in [9.17, 15) is 0 Å². The van der Waals surface area contributed by atoms with Gasteiger partial charge in [0.1, 0.15) is 0 Å². The van der Waals surface area contributed by atoms with Crippen molar-refractivity contribution in [1.29, 1.82) is 0 Å². The molecule has 1 aliphatic heterocycles. The van der Waals surface area contributed by atoms with Gasteiger partial charge in [-0.1, -0.05) is 13.8 Å². The van der Waals surface area contributed by atoms with Crippen LogP contribution in [-0.2, 0) is 4.74 Å². The predicted molar refractivity (Wildman–Crippen MR) is 64.2 cm³/mol. The molecular formula is C12H26N2O. The molecule has 1 fully saturated rings. The highest BCUT2D eigenvalue weighted by Crippen LogP contribution is 2.29. The van der Waals surface area contributed by atoms with Gasteiger partial charge in [-0.25, -0.2) is 0 Å². The fourth-order valence-electron chi connectivity index (χ4n) is 2.14. The van der Waals surface area contributed by atoms with E-state index < -0.39 is 0 Å². The van der Waals surface area contributed by atoms with Gasteiger partial charge in [0.15, 0.2) is 0 Å². The average molecular weight is 214 g/mol. The van der Waals surface area contributed by atoms with Crippen LogP contribution >= 0.6 is 0 Å². The van der Waals surface area contributed by atoms with Gasteiger partial charge in [0, 0.05) is 32.8 Å². The minimum atomic E-state index is 0.515. The van der Waals surface area contributed by atoms with Gasteiger partial charge in [-0.15, -0.1) is 0 Å². The normalized spacial score (nSPS) is 23.2. The number of ether oxygens (including phenoxy) is 1. The zero-order chi connectivity index (χ0) is 11.3. The fourth-order valence-corrected chi connectivity index (χ4v) is 2.14. The zero-order valence-corrected chi connectivity index (χ0v) is 10.7. The average Bonchev–Trinajstić information content (AvgIpc) is 2.53. The lowest BCUT2D eigenvalue weighted by Gasteiger charge is -2.26. The van der Waals surface area contributed by atoms with E-state index in [2.05, 4.69) is 31.0 Å². The Morgan fingerprint density at radius 3 is 2.73 bits per heavy atom. The van der Waals surface area contributed by atoms with Gasteiger partial charge in [0.2, 0.25) is 0 Å². The molecule has 1 rings (SSSR count). The highest BCUT2D eigenvalue weighted by atomic mass is 16.5. The molecule has 90 valence electrons. The summed E-state index contributed by atoms with van der Waals surface area (Å²) in [6.45, 7) is 12.3. The summed E-state index contributed by atoms with van der Waals surface area (Å²) in [6.07, 6.45) is 1.33. The second kappa shape index (κ2) is 5.83. The van der Waals surface area contributed by atoms with Crippen molar-refractivity contribution in [2.24, 2.45) is 5.41 Å². The molecule has 0 aliphatic carbocycles. The molecule has 1 aliphatic rings. The maximum atomic E-state index is 5.01. The Bertz CT molecular complexity index is 182. The van der Waals surface area contributed by atoms with Crippen LogP contribution in [0.3, 0.4) is 0 Å². The largest absolute Gasteiger partial charge is 0.383 e. The molecule has 0 saturated carbocycles. The molecule has 0 aromatic rings. The molecular weight excluding hydrogens is 188 g/mol. The first-order valence-electron chi connectivity index (χ1n) is 5.99. The molecule has 0 aromatic heterocycles. The summed E-state index contributed by atoms with van der Waals surface area (Å²) in [4.78, 5) is 2.58. The van der Waals surface area contributed by atoms with Gasteiger partial charge in [-0.3, -0.25) is 4.90 Å². The lowest BCUT2D eigenvalue weighted by Crippen LogP contribution is -2.40. The minimum absolute atomic E-state index is 0.515. The Balaban J connectivity index is 2.15. The lowest BCUT2D eigenvalue weighted by atomic mass is 9.93. The van der Waals surface area contributed by atoms with Crippen molar-refractivity contribution in [3.05, 3.63) is 0 Å². The summed E-state index contributed by atoms with van der Waals surface area (Å²) >= 11 is 0. The molecule has 0 amide bonds. The SMILES string of the molecule is COCCNCC(C)N1CCC(C)(C)C1. The Kier molecular flexibility index (Phi) is 5.03. The Morgan fingerprint density at radius 2 is 2.20 bits per heavy atom. The molecule has 0 spiro atoms. The van der Waals surface area contributed by atoms with Crippen LogP contribution in [0.15, 0.2) is 0 Å². The first-order chi connectivity index (χ1) is 7.05. The monoisotopic (exact) mass is 214 g/mol. The fraction of sp³-hybridized carbons (Fsp3) is 1.00. The van der Waals surface area contributed by atoms with Crippen molar-refractivity contribution >= 4 is 0 Å². The summed E-state index contributed by atoms with van der Waals surface area (Å²) in [7, 11) is 1.74. The summed E-state index contributed by atoms with van der Waals surface area (Å²) < 4.78 is 5.01. The summed E-state index contributed by atoms with van der Waals surface area (Å²) in [6, 6.07) is 0.642. The predicted octanol–water partition coefficient (Wildman–Crippen LogP) is 1.34.